The van der Waals surface area contributed by atoms with E-state index in [4.69, 9.17) is 4.74 Å². The van der Waals surface area contributed by atoms with E-state index in [1.165, 1.54) is 0 Å². The lowest BCUT2D eigenvalue weighted by Gasteiger charge is -2.38. The molecule has 0 radical (unpaired) electrons. The number of hydrogen-bond acceptors (Lipinski definition) is 6. The van der Waals surface area contributed by atoms with Crippen molar-refractivity contribution in [1.82, 2.24) is 20.3 Å². The molecule has 0 aliphatic heterocycles. The molecule has 2 N–H and O–H groups in total. The molecule has 0 saturated heterocycles. The summed E-state index contributed by atoms with van der Waals surface area (Å²) in [6, 6.07) is 8.78. The first-order valence-electron chi connectivity index (χ1n) is 8.84. The van der Waals surface area contributed by atoms with Gasteiger partial charge in [-0.05, 0) is 36.5 Å². The number of pyridine rings is 1. The third kappa shape index (κ3) is 3.46. The maximum atomic E-state index is 13.0. The maximum Gasteiger partial charge on any atom is 0.254 e. The molecule has 7 heteroatoms. The lowest BCUT2D eigenvalue weighted by Crippen LogP contribution is -2.41. The Labute approximate surface area is 156 Å². The summed E-state index contributed by atoms with van der Waals surface area (Å²) in [6.07, 6.45) is 5.86. The van der Waals surface area contributed by atoms with Crippen molar-refractivity contribution in [1.29, 1.82) is 0 Å². The maximum absolute atomic E-state index is 13.0. The highest BCUT2D eigenvalue weighted by molar-refractivity contribution is 6.04. The highest BCUT2D eigenvalue weighted by atomic mass is 16.5. The molecule has 4 rings (SSSR count). The number of nitrogens with zero attached hydrogens (tertiary/aromatic N) is 3. The van der Waals surface area contributed by atoms with Crippen molar-refractivity contribution in [3.63, 3.8) is 0 Å². The lowest BCUT2D eigenvalue weighted by atomic mass is 9.75. The number of carbonyl (C=O) groups is 1. The Morgan fingerprint density at radius 1 is 1.19 bits per heavy atom. The normalized spacial score (nSPS) is 19.9. The molecule has 1 saturated carbocycles. The number of hydrogen-bond donors (Lipinski definition) is 2. The van der Waals surface area contributed by atoms with Crippen LogP contribution in [0.25, 0.3) is 11.0 Å². The van der Waals surface area contributed by atoms with Crippen molar-refractivity contribution in [2.75, 3.05) is 7.11 Å². The molecular formula is C20H20N4O3. The Hall–Kier alpha value is -3.06. The number of para-hydroxylation sites is 1. The van der Waals surface area contributed by atoms with Crippen LogP contribution >= 0.6 is 0 Å². The zero-order valence-corrected chi connectivity index (χ0v) is 14.9. The van der Waals surface area contributed by atoms with Crippen LogP contribution in [0.3, 0.4) is 0 Å². The summed E-state index contributed by atoms with van der Waals surface area (Å²) in [6.45, 7) is 0. The Bertz CT molecular complexity index is 950. The molecule has 2 heterocycles. The lowest BCUT2D eigenvalue weighted by molar-refractivity contribution is 0.0235. The Balaban J connectivity index is 1.63. The second kappa shape index (κ2) is 7.28. The van der Waals surface area contributed by atoms with E-state index < -0.39 is 0 Å². The number of aliphatic hydroxyl groups is 1. The summed E-state index contributed by atoms with van der Waals surface area (Å²) >= 11 is 0. The minimum atomic E-state index is -0.316. The summed E-state index contributed by atoms with van der Waals surface area (Å²) in [5, 5.41) is 12.8. The van der Waals surface area contributed by atoms with Gasteiger partial charge < -0.3 is 15.2 Å². The first-order chi connectivity index (χ1) is 13.2. The second-order valence-corrected chi connectivity index (χ2v) is 6.70. The predicted octanol–water partition coefficient (Wildman–Crippen LogP) is 2.28. The third-order valence-electron chi connectivity index (χ3n) is 4.98. The molecule has 138 valence electrons. The van der Waals surface area contributed by atoms with Crippen LogP contribution in [0.5, 0.6) is 5.88 Å². The molecule has 3 aromatic rings. The minimum Gasteiger partial charge on any atom is -0.481 e. The highest BCUT2D eigenvalue weighted by Crippen LogP contribution is 2.38. The first kappa shape index (κ1) is 17.4. The van der Waals surface area contributed by atoms with E-state index in [0.29, 0.717) is 35.3 Å². The average Bonchev–Trinajstić information content (AvgIpc) is 2.69. The van der Waals surface area contributed by atoms with E-state index in [2.05, 4.69) is 20.3 Å². The number of fused-ring (bicyclic) bond motifs is 1. The first-order valence-corrected chi connectivity index (χ1v) is 8.84. The molecule has 0 spiro atoms. The highest BCUT2D eigenvalue weighted by Gasteiger charge is 2.36. The molecule has 1 amide bonds. The molecular weight excluding hydrogens is 344 g/mol. The van der Waals surface area contributed by atoms with E-state index in [0.717, 1.165) is 5.56 Å². The molecule has 1 aromatic carbocycles. The Morgan fingerprint density at radius 3 is 2.70 bits per heavy atom. The van der Waals surface area contributed by atoms with Crippen molar-refractivity contribution in [3.8, 4) is 5.88 Å². The number of ether oxygens (including phenoxy) is 1. The van der Waals surface area contributed by atoms with Gasteiger partial charge in [-0.1, -0.05) is 12.1 Å². The topological polar surface area (TPSA) is 97.2 Å². The largest absolute Gasteiger partial charge is 0.481 e. The van der Waals surface area contributed by atoms with Gasteiger partial charge >= 0.3 is 0 Å². The standard InChI is InChI=1S/C20H20N4O3/c1-27-17-6-5-12(11-23-17)18(13-9-14(25)10-13)24-20(26)15-3-2-4-16-19(15)22-8-7-21-16/h2-8,11,13-14,18,25H,9-10H2,1H3,(H,24,26)/t13?,14?,18-/m1/s1. The SMILES string of the molecule is COc1ccc([C@@H](NC(=O)c2cccc3nccnc23)C2CC(O)C2)cn1. The van der Waals surface area contributed by atoms with E-state index in [1.807, 2.05) is 12.1 Å². The van der Waals surface area contributed by atoms with Crippen LogP contribution in [0.15, 0.2) is 48.9 Å². The molecule has 1 aliphatic carbocycles. The fourth-order valence-corrected chi connectivity index (χ4v) is 3.47. The Morgan fingerprint density at radius 2 is 2.00 bits per heavy atom. The van der Waals surface area contributed by atoms with Gasteiger partial charge in [-0.25, -0.2) is 4.98 Å². The van der Waals surface area contributed by atoms with Crippen LogP contribution < -0.4 is 10.1 Å². The second-order valence-electron chi connectivity index (χ2n) is 6.70. The fraction of sp³-hybridized carbons (Fsp3) is 0.300. The average molecular weight is 364 g/mol. The number of methoxy groups -OCH3 is 1. The van der Waals surface area contributed by atoms with Gasteiger partial charge in [0.1, 0.15) is 5.52 Å². The number of amides is 1. The van der Waals surface area contributed by atoms with Gasteiger partial charge in [0.25, 0.3) is 5.91 Å². The van der Waals surface area contributed by atoms with Gasteiger partial charge in [-0.3, -0.25) is 14.8 Å². The van der Waals surface area contributed by atoms with Gasteiger partial charge in [0.2, 0.25) is 5.88 Å². The van der Waals surface area contributed by atoms with E-state index >= 15 is 0 Å². The van der Waals surface area contributed by atoms with Crippen LogP contribution in [-0.2, 0) is 0 Å². The number of carbonyl (C=O) groups excluding carboxylic acids is 1. The third-order valence-corrected chi connectivity index (χ3v) is 4.98. The van der Waals surface area contributed by atoms with Gasteiger partial charge in [0.05, 0.1) is 30.3 Å². The number of rotatable bonds is 5. The summed E-state index contributed by atoms with van der Waals surface area (Å²) in [5.74, 6) is 0.449. The van der Waals surface area contributed by atoms with E-state index in [1.54, 1.807) is 43.9 Å². The van der Waals surface area contributed by atoms with Gasteiger partial charge in [0.15, 0.2) is 0 Å². The molecule has 7 nitrogen and oxygen atoms in total. The summed E-state index contributed by atoms with van der Waals surface area (Å²) in [5.41, 5.74) is 2.60. The zero-order chi connectivity index (χ0) is 18.8. The van der Waals surface area contributed by atoms with Crippen LogP contribution in [0, 0.1) is 5.92 Å². The number of benzene rings is 1. The van der Waals surface area contributed by atoms with Crippen molar-refractivity contribution in [2.24, 2.45) is 5.92 Å². The summed E-state index contributed by atoms with van der Waals surface area (Å²) in [7, 11) is 1.56. The minimum absolute atomic E-state index is 0.153. The number of aromatic nitrogens is 3. The fourth-order valence-electron chi connectivity index (χ4n) is 3.47. The van der Waals surface area contributed by atoms with Crippen molar-refractivity contribution in [2.45, 2.75) is 25.0 Å². The van der Waals surface area contributed by atoms with Crippen molar-refractivity contribution in [3.05, 3.63) is 60.0 Å². The van der Waals surface area contributed by atoms with Crippen LogP contribution in [0.1, 0.15) is 34.8 Å². The van der Waals surface area contributed by atoms with Crippen LogP contribution in [0.2, 0.25) is 0 Å². The quantitative estimate of drug-likeness (QED) is 0.721. The molecule has 1 aliphatic rings. The van der Waals surface area contributed by atoms with Gasteiger partial charge in [0, 0.05) is 24.7 Å². The van der Waals surface area contributed by atoms with Crippen LogP contribution in [0.4, 0.5) is 0 Å². The molecule has 1 atom stereocenters. The van der Waals surface area contributed by atoms with Crippen molar-refractivity contribution >= 4 is 16.9 Å². The molecule has 0 bridgehead atoms. The summed E-state index contributed by atoms with van der Waals surface area (Å²) < 4.78 is 5.11. The predicted molar refractivity (Wildman–Crippen MR) is 99.3 cm³/mol. The molecule has 2 aromatic heterocycles. The zero-order valence-electron chi connectivity index (χ0n) is 14.9. The van der Waals surface area contributed by atoms with Gasteiger partial charge in [-0.15, -0.1) is 0 Å². The monoisotopic (exact) mass is 364 g/mol. The number of aliphatic hydroxyl groups excluding tert-OH is 1. The molecule has 27 heavy (non-hydrogen) atoms. The Kier molecular flexibility index (Phi) is 4.68. The number of nitrogens with one attached hydrogen (secondary N) is 1. The smallest absolute Gasteiger partial charge is 0.254 e. The van der Waals surface area contributed by atoms with Crippen LogP contribution in [-0.4, -0.2) is 39.2 Å². The molecule has 0 unspecified atom stereocenters. The van der Waals surface area contributed by atoms with E-state index in [9.17, 15) is 9.90 Å². The summed E-state index contributed by atoms with van der Waals surface area (Å²) in [4.78, 5) is 25.8. The van der Waals surface area contributed by atoms with Gasteiger partial charge in [-0.2, -0.15) is 0 Å². The molecule has 1 fully saturated rings. The van der Waals surface area contributed by atoms with Crippen molar-refractivity contribution < 1.29 is 14.6 Å². The van der Waals surface area contributed by atoms with E-state index in [-0.39, 0.29) is 24.0 Å².